The van der Waals surface area contributed by atoms with Gasteiger partial charge in [0.05, 0.1) is 24.3 Å². The van der Waals surface area contributed by atoms with Crippen molar-refractivity contribution in [1.82, 2.24) is 15.0 Å². The van der Waals surface area contributed by atoms with Gasteiger partial charge in [-0.05, 0) is 12.1 Å². The predicted molar refractivity (Wildman–Crippen MR) is 70.2 cm³/mol. The van der Waals surface area contributed by atoms with Gasteiger partial charge in [0.1, 0.15) is 10.7 Å². The van der Waals surface area contributed by atoms with E-state index < -0.39 is 0 Å². The van der Waals surface area contributed by atoms with E-state index >= 15 is 0 Å². The van der Waals surface area contributed by atoms with Crippen molar-refractivity contribution < 1.29 is 0 Å². The van der Waals surface area contributed by atoms with Gasteiger partial charge in [-0.15, -0.1) is 0 Å². The first kappa shape index (κ1) is 11.4. The van der Waals surface area contributed by atoms with Crippen LogP contribution in [-0.4, -0.2) is 27.0 Å². The molecule has 0 radical (unpaired) electrons. The average molecular weight is 245 g/mol. The molecule has 0 saturated heterocycles. The number of anilines is 2. The summed E-state index contributed by atoms with van der Waals surface area (Å²) in [4.78, 5) is 14.5. The molecule has 0 spiro atoms. The molecule has 0 atom stereocenters. The highest BCUT2D eigenvalue weighted by Gasteiger charge is 2.06. The second-order valence-electron chi connectivity index (χ2n) is 3.39. The first-order valence-corrected chi connectivity index (χ1v) is 5.35. The van der Waals surface area contributed by atoms with Crippen LogP contribution in [0.15, 0.2) is 36.9 Å². The highest BCUT2D eigenvalue weighted by atomic mass is 32.1. The number of thiocarbonyl (C=S) groups is 1. The molecule has 2 rings (SSSR count). The molecule has 86 valence electrons. The molecule has 2 N–H and O–H groups in total. The van der Waals surface area contributed by atoms with E-state index in [2.05, 4.69) is 15.0 Å². The summed E-state index contributed by atoms with van der Waals surface area (Å²) in [5.41, 5.74) is 6.91. The maximum atomic E-state index is 5.46. The maximum Gasteiger partial charge on any atom is 0.151 e. The van der Waals surface area contributed by atoms with Crippen molar-refractivity contribution in [3.63, 3.8) is 0 Å². The first-order valence-electron chi connectivity index (χ1n) is 4.94. The summed E-state index contributed by atoms with van der Waals surface area (Å²) in [5, 5.41) is 0. The van der Waals surface area contributed by atoms with Crippen molar-refractivity contribution >= 4 is 28.7 Å². The highest BCUT2D eigenvalue weighted by Crippen LogP contribution is 2.18. The topological polar surface area (TPSA) is 67.9 Å². The smallest absolute Gasteiger partial charge is 0.151 e. The van der Waals surface area contributed by atoms with Crippen LogP contribution in [-0.2, 0) is 0 Å². The number of hydrogen-bond donors (Lipinski definition) is 1. The molecule has 2 aromatic rings. The summed E-state index contributed by atoms with van der Waals surface area (Å²) < 4.78 is 0. The Morgan fingerprint density at radius 2 is 2.12 bits per heavy atom. The van der Waals surface area contributed by atoms with Crippen LogP contribution >= 0.6 is 12.2 Å². The third-order valence-corrected chi connectivity index (χ3v) is 2.48. The van der Waals surface area contributed by atoms with E-state index in [1.165, 1.54) is 0 Å². The third-order valence-electron chi connectivity index (χ3n) is 2.27. The average Bonchev–Trinajstić information content (AvgIpc) is 2.39. The number of nitrogens with zero attached hydrogens (tertiary/aromatic N) is 4. The molecular formula is C11H11N5S. The van der Waals surface area contributed by atoms with Crippen molar-refractivity contribution in [3.05, 3.63) is 42.6 Å². The predicted octanol–water partition coefficient (Wildman–Crippen LogP) is 1.27. The highest BCUT2D eigenvalue weighted by molar-refractivity contribution is 7.80. The van der Waals surface area contributed by atoms with Gasteiger partial charge in [0.25, 0.3) is 0 Å². The second-order valence-corrected chi connectivity index (χ2v) is 3.83. The van der Waals surface area contributed by atoms with Gasteiger partial charge < -0.3 is 10.6 Å². The van der Waals surface area contributed by atoms with Crippen LogP contribution in [0.4, 0.5) is 11.5 Å². The minimum absolute atomic E-state index is 0.244. The molecule has 17 heavy (non-hydrogen) atoms. The van der Waals surface area contributed by atoms with Gasteiger partial charge in [-0.2, -0.15) is 0 Å². The fourth-order valence-corrected chi connectivity index (χ4v) is 1.41. The number of pyridine rings is 1. The van der Waals surface area contributed by atoms with E-state index in [0.29, 0.717) is 11.5 Å². The fraction of sp³-hybridized carbons (Fsp3) is 0.0909. The Morgan fingerprint density at radius 3 is 2.65 bits per heavy atom. The first-order chi connectivity index (χ1) is 8.18. The van der Waals surface area contributed by atoms with Crippen LogP contribution < -0.4 is 10.6 Å². The van der Waals surface area contributed by atoms with Gasteiger partial charge in [0.15, 0.2) is 5.82 Å². The van der Waals surface area contributed by atoms with Crippen LogP contribution in [0.5, 0.6) is 0 Å². The van der Waals surface area contributed by atoms with Gasteiger partial charge in [0.2, 0.25) is 0 Å². The van der Waals surface area contributed by atoms with Crippen LogP contribution in [0.25, 0.3) is 0 Å². The molecule has 2 aromatic heterocycles. The lowest BCUT2D eigenvalue weighted by Crippen LogP contribution is -2.15. The van der Waals surface area contributed by atoms with E-state index in [0.717, 1.165) is 5.69 Å². The van der Waals surface area contributed by atoms with Gasteiger partial charge in [0, 0.05) is 13.2 Å². The molecule has 0 amide bonds. The zero-order valence-electron chi connectivity index (χ0n) is 9.24. The second kappa shape index (κ2) is 4.84. The zero-order valence-corrected chi connectivity index (χ0v) is 10.1. The largest absolute Gasteiger partial charge is 0.388 e. The Hall–Kier alpha value is -2.08. The Kier molecular flexibility index (Phi) is 3.24. The molecule has 0 aliphatic carbocycles. The lowest BCUT2D eigenvalue weighted by atomic mass is 10.4. The molecule has 0 aromatic carbocycles. The van der Waals surface area contributed by atoms with Crippen molar-refractivity contribution in [2.24, 2.45) is 5.73 Å². The molecule has 0 unspecified atom stereocenters. The Labute approximate surface area is 104 Å². The molecule has 0 aliphatic heterocycles. The molecule has 0 saturated carbocycles. The van der Waals surface area contributed by atoms with Crippen LogP contribution in [0.3, 0.4) is 0 Å². The van der Waals surface area contributed by atoms with E-state index in [1.807, 2.05) is 24.1 Å². The number of nitrogens with two attached hydrogens (primary N) is 1. The summed E-state index contributed by atoms with van der Waals surface area (Å²) in [6.07, 6.45) is 6.66. The van der Waals surface area contributed by atoms with Gasteiger partial charge in [-0.25, -0.2) is 9.97 Å². The Bertz CT molecular complexity index is 511. The van der Waals surface area contributed by atoms with Crippen molar-refractivity contribution in [2.45, 2.75) is 0 Å². The maximum absolute atomic E-state index is 5.46. The minimum atomic E-state index is 0.244. The lowest BCUT2D eigenvalue weighted by molar-refractivity contribution is 1.07. The van der Waals surface area contributed by atoms with E-state index in [-0.39, 0.29) is 4.99 Å². The quantitative estimate of drug-likeness (QED) is 0.821. The van der Waals surface area contributed by atoms with E-state index in [4.69, 9.17) is 18.0 Å². The number of aromatic nitrogens is 3. The van der Waals surface area contributed by atoms with Crippen molar-refractivity contribution in [3.8, 4) is 0 Å². The van der Waals surface area contributed by atoms with E-state index in [9.17, 15) is 0 Å². The normalized spacial score (nSPS) is 9.94. The number of rotatable bonds is 3. The van der Waals surface area contributed by atoms with Crippen LogP contribution in [0.2, 0.25) is 0 Å². The Balaban J connectivity index is 2.26. The summed E-state index contributed by atoms with van der Waals surface area (Å²) in [5.74, 6) is 0.706. The molecule has 5 nitrogen and oxygen atoms in total. The zero-order chi connectivity index (χ0) is 12.3. The van der Waals surface area contributed by atoms with Gasteiger partial charge in [-0.3, -0.25) is 4.98 Å². The number of hydrogen-bond acceptors (Lipinski definition) is 5. The molecule has 2 heterocycles. The summed E-state index contributed by atoms with van der Waals surface area (Å²) in [6, 6.07) is 3.80. The standard InChI is InChI=1S/C11H11N5S/c1-16(8-3-2-4-13-5-8)10-7-14-9(6-15-10)11(12)17/h2-7H,1H3,(H2,12,17). The molecular weight excluding hydrogens is 234 g/mol. The van der Waals surface area contributed by atoms with E-state index in [1.54, 1.807) is 24.8 Å². The SMILES string of the molecule is CN(c1cccnc1)c1cnc(C(N)=S)cn1. The third kappa shape index (κ3) is 2.54. The molecule has 0 fully saturated rings. The van der Waals surface area contributed by atoms with Crippen molar-refractivity contribution in [2.75, 3.05) is 11.9 Å². The summed E-state index contributed by atoms with van der Waals surface area (Å²) >= 11 is 4.82. The lowest BCUT2D eigenvalue weighted by Gasteiger charge is -2.17. The van der Waals surface area contributed by atoms with Crippen LogP contribution in [0.1, 0.15) is 5.69 Å². The monoisotopic (exact) mass is 245 g/mol. The van der Waals surface area contributed by atoms with Gasteiger partial charge >= 0.3 is 0 Å². The van der Waals surface area contributed by atoms with Crippen LogP contribution in [0, 0.1) is 0 Å². The molecule has 6 heteroatoms. The minimum Gasteiger partial charge on any atom is -0.388 e. The fourth-order valence-electron chi connectivity index (χ4n) is 1.31. The summed E-state index contributed by atoms with van der Waals surface area (Å²) in [6.45, 7) is 0. The van der Waals surface area contributed by atoms with Gasteiger partial charge in [-0.1, -0.05) is 12.2 Å². The Morgan fingerprint density at radius 1 is 1.29 bits per heavy atom. The molecule has 0 bridgehead atoms. The molecule has 0 aliphatic rings. The van der Waals surface area contributed by atoms with Crippen molar-refractivity contribution in [1.29, 1.82) is 0 Å². The summed E-state index contributed by atoms with van der Waals surface area (Å²) in [7, 11) is 1.89.